The summed E-state index contributed by atoms with van der Waals surface area (Å²) in [4.78, 5) is 0. The van der Waals surface area contributed by atoms with Gasteiger partial charge in [-0.3, -0.25) is 0 Å². The van der Waals surface area contributed by atoms with E-state index in [-0.39, 0.29) is 6.04 Å². The minimum Gasteiger partial charge on any atom is -0.404 e. The monoisotopic (exact) mass is 637 g/mol. The fourth-order valence-corrected chi connectivity index (χ4v) is 6.65. The van der Waals surface area contributed by atoms with E-state index in [1.165, 1.54) is 17.0 Å². The highest BCUT2D eigenvalue weighted by Crippen LogP contribution is 2.39. The molecule has 7 rings (SSSR count). The number of dihydropyridines is 1. The molecular weight excluding hydrogens is 601 g/mol. The normalized spacial score (nSPS) is 16.4. The predicted molar refractivity (Wildman–Crippen MR) is 210 cm³/mol. The zero-order chi connectivity index (χ0) is 33.9. The van der Waals surface area contributed by atoms with Crippen molar-refractivity contribution in [3.63, 3.8) is 0 Å². The minimum atomic E-state index is -0.122. The predicted octanol–water partition coefficient (Wildman–Crippen LogP) is 7.81. The van der Waals surface area contributed by atoms with E-state index in [1.54, 1.807) is 24.6 Å². The van der Waals surface area contributed by atoms with E-state index < -0.39 is 0 Å². The molecule has 0 saturated carbocycles. The Bertz CT molecular complexity index is 2440. The number of allylic oxidation sites excluding steroid dienone is 8. The van der Waals surface area contributed by atoms with Crippen molar-refractivity contribution in [1.82, 2.24) is 14.6 Å². The summed E-state index contributed by atoms with van der Waals surface area (Å²) in [7, 11) is 0. The Morgan fingerprint density at radius 1 is 0.898 bits per heavy atom. The lowest BCUT2D eigenvalue weighted by molar-refractivity contribution is 0.823. The van der Waals surface area contributed by atoms with Crippen molar-refractivity contribution in [2.45, 2.75) is 12.5 Å². The lowest BCUT2D eigenvalue weighted by Gasteiger charge is -2.22. The molecule has 0 radical (unpaired) electrons. The highest BCUT2D eigenvalue weighted by atomic mass is 15.0. The molecule has 0 saturated heterocycles. The van der Waals surface area contributed by atoms with Crippen molar-refractivity contribution in [2.24, 2.45) is 11.5 Å². The van der Waals surface area contributed by atoms with Gasteiger partial charge in [-0.2, -0.15) is 0 Å². The molecule has 4 aromatic carbocycles. The van der Waals surface area contributed by atoms with Gasteiger partial charge in [-0.25, -0.2) is 0 Å². The number of benzene rings is 4. The van der Waals surface area contributed by atoms with Gasteiger partial charge in [0.2, 0.25) is 0 Å². The quantitative estimate of drug-likeness (QED) is 0.0713. The van der Waals surface area contributed by atoms with Crippen molar-refractivity contribution >= 4 is 61.9 Å². The number of para-hydroxylation sites is 1. The highest BCUT2D eigenvalue weighted by molar-refractivity contribution is 6.20. The number of hydrogen-bond acceptors (Lipinski definition) is 4. The van der Waals surface area contributed by atoms with Crippen LogP contribution >= 0.6 is 0 Å². The van der Waals surface area contributed by atoms with Crippen molar-refractivity contribution in [1.29, 1.82) is 5.41 Å². The van der Waals surface area contributed by atoms with Crippen LogP contribution in [-0.4, -0.2) is 28.7 Å². The number of nitrogens with zero attached hydrogens (tertiary/aromatic N) is 2. The molecule has 1 atom stereocenters. The van der Waals surface area contributed by atoms with Crippen LogP contribution in [0, 0.1) is 5.41 Å². The van der Waals surface area contributed by atoms with Crippen LogP contribution < -0.4 is 21.5 Å². The first-order valence-corrected chi connectivity index (χ1v) is 16.2. The Labute approximate surface area is 285 Å². The molecule has 3 heterocycles. The third kappa shape index (κ3) is 5.67. The summed E-state index contributed by atoms with van der Waals surface area (Å²) in [6.07, 6.45) is 20.8. The molecule has 0 aliphatic carbocycles. The fraction of sp³-hybridized carbons (Fsp3) is 0.0465. The number of nitrogens with one attached hydrogen (secondary N) is 2. The summed E-state index contributed by atoms with van der Waals surface area (Å²) in [5.41, 5.74) is 22.6. The van der Waals surface area contributed by atoms with Crippen molar-refractivity contribution < 1.29 is 0 Å². The topological polar surface area (TPSA) is 107 Å². The molecule has 2 aliphatic rings. The summed E-state index contributed by atoms with van der Waals surface area (Å²) >= 11 is 0. The molecule has 6 N–H and O–H groups in total. The van der Waals surface area contributed by atoms with E-state index in [0.717, 1.165) is 72.3 Å². The first kappa shape index (κ1) is 31.0. The summed E-state index contributed by atoms with van der Waals surface area (Å²) in [5.74, 6) is 0. The molecule has 1 unspecified atom stereocenters. The second-order valence-corrected chi connectivity index (χ2v) is 11.9. The standard InChI is InChI=1S/C43H37N6/c1-3-28(25-44)12-13-33(27-46)30-14-17-36-32(21-30)16-19-38-37-18-15-31(24-42(37)49(43(36)38)35-9-6-5-7-10-35)34-22-40(29(4-2)26-45)48-41(23-34)39-11-8-20-47-39/h3-11,13-27,41,46,48H,1-2,12,44-45H2/q+1/b28-25+,29-26+,33-13+,46-27?. The van der Waals surface area contributed by atoms with Gasteiger partial charge in [0.25, 0.3) is 6.21 Å². The van der Waals surface area contributed by atoms with Crippen molar-refractivity contribution in [3.8, 4) is 5.69 Å². The summed E-state index contributed by atoms with van der Waals surface area (Å²) < 4.78 is 6.95. The van der Waals surface area contributed by atoms with E-state index >= 15 is 0 Å². The van der Waals surface area contributed by atoms with E-state index in [4.69, 9.17) is 16.9 Å². The average molecular weight is 638 g/mol. The fourth-order valence-electron chi connectivity index (χ4n) is 6.65. The molecular formula is C43H37N6+. The molecule has 49 heavy (non-hydrogen) atoms. The summed E-state index contributed by atoms with van der Waals surface area (Å²) in [6, 6.07) is 27.9. The van der Waals surface area contributed by atoms with Gasteiger partial charge in [0, 0.05) is 57.7 Å². The summed E-state index contributed by atoms with van der Waals surface area (Å²) in [5, 5.41) is 16.3. The Morgan fingerprint density at radius 3 is 2.43 bits per heavy atom. The number of rotatable bonds is 10. The Balaban J connectivity index is 1.43. The Kier molecular flexibility index (Phi) is 8.38. The van der Waals surface area contributed by atoms with Gasteiger partial charge < -0.3 is 26.8 Å². The highest BCUT2D eigenvalue weighted by Gasteiger charge is 2.27. The van der Waals surface area contributed by atoms with Gasteiger partial charge in [-0.1, -0.05) is 90.7 Å². The first-order chi connectivity index (χ1) is 24.1. The maximum atomic E-state index is 8.13. The third-order valence-corrected chi connectivity index (χ3v) is 9.18. The van der Waals surface area contributed by atoms with Gasteiger partial charge in [-0.05, 0) is 82.3 Å². The van der Waals surface area contributed by atoms with Crippen molar-refractivity contribution in [2.75, 3.05) is 0 Å². The lowest BCUT2D eigenvalue weighted by atomic mass is 9.94. The van der Waals surface area contributed by atoms with E-state index in [2.05, 4.69) is 113 Å². The Hall–Kier alpha value is -6.62. The van der Waals surface area contributed by atoms with Crippen LogP contribution in [0.5, 0.6) is 0 Å². The van der Waals surface area contributed by atoms with Crippen LogP contribution in [0.25, 0.3) is 49.4 Å². The lowest BCUT2D eigenvalue weighted by Crippen LogP contribution is -2.37. The molecule has 0 amide bonds. The van der Waals surface area contributed by atoms with Gasteiger partial charge in [0.1, 0.15) is 6.04 Å². The van der Waals surface area contributed by atoms with Crippen LogP contribution in [0.2, 0.25) is 0 Å². The van der Waals surface area contributed by atoms with Crippen LogP contribution in [0.4, 0.5) is 0 Å². The van der Waals surface area contributed by atoms with E-state index in [1.807, 2.05) is 30.5 Å². The number of fused-ring (bicyclic) bond motifs is 5. The second-order valence-electron chi connectivity index (χ2n) is 11.9. The third-order valence-electron chi connectivity index (χ3n) is 9.18. The molecule has 6 heteroatoms. The van der Waals surface area contributed by atoms with E-state index in [9.17, 15) is 0 Å². The molecule has 2 aliphatic heterocycles. The smallest absolute Gasteiger partial charge is 0.329 e. The van der Waals surface area contributed by atoms with Crippen LogP contribution in [0.1, 0.15) is 17.5 Å². The molecule has 238 valence electrons. The number of aromatic nitrogens is 1. The molecule has 5 aromatic rings. The molecule has 0 fully saturated rings. The van der Waals surface area contributed by atoms with Crippen LogP contribution in [0.15, 0.2) is 164 Å². The molecule has 0 spiro atoms. The molecule has 0 bridgehead atoms. The minimum absolute atomic E-state index is 0.122. The van der Waals surface area contributed by atoms with Crippen molar-refractivity contribution in [3.05, 3.63) is 175 Å². The van der Waals surface area contributed by atoms with Crippen LogP contribution in [0.3, 0.4) is 0 Å². The molecule has 6 nitrogen and oxygen atoms in total. The van der Waals surface area contributed by atoms with Gasteiger partial charge >= 0.3 is 5.71 Å². The van der Waals surface area contributed by atoms with Gasteiger partial charge in [0.05, 0.1) is 11.0 Å². The van der Waals surface area contributed by atoms with Crippen LogP contribution in [-0.2, 0) is 0 Å². The first-order valence-electron chi connectivity index (χ1n) is 16.2. The molecule has 1 aromatic heterocycles. The number of nitrogens with two attached hydrogens (primary N) is 2. The SMILES string of the molecule is C=C/C(=C\N)C/C=C(\C=N)c1ccc2c(ccc3c4ccc(C5=CC(C6=[N+]=CC=C6)NC(/C(C=C)=C/N)=C5)cc4n(-c4ccccc4)c23)c1. The zero-order valence-electron chi connectivity index (χ0n) is 27.1. The second kappa shape index (κ2) is 13.2. The van der Waals surface area contributed by atoms with Gasteiger partial charge in [0.15, 0.2) is 0 Å². The van der Waals surface area contributed by atoms with Gasteiger partial charge in [-0.15, -0.1) is 0 Å². The maximum Gasteiger partial charge on any atom is 0.329 e. The largest absolute Gasteiger partial charge is 0.404 e. The number of hydrogen-bond donors (Lipinski definition) is 4. The summed E-state index contributed by atoms with van der Waals surface area (Å²) in [6.45, 7) is 7.81. The average Bonchev–Trinajstić information content (AvgIpc) is 3.81. The zero-order valence-corrected chi connectivity index (χ0v) is 27.1. The van der Waals surface area contributed by atoms with E-state index in [0.29, 0.717) is 6.42 Å². The Morgan fingerprint density at radius 2 is 1.71 bits per heavy atom. The maximum absolute atomic E-state index is 8.13.